The van der Waals surface area contributed by atoms with Crippen LogP contribution in [0.2, 0.25) is 18.1 Å². The highest BCUT2D eigenvalue weighted by molar-refractivity contribution is 14.1. The smallest absolute Gasteiger partial charge is 0.341 e. The summed E-state index contributed by atoms with van der Waals surface area (Å²) in [4.78, 5) is 11.7. The molecular formula is C60H95IN10O6Si. The summed E-state index contributed by atoms with van der Waals surface area (Å²) < 4.78 is 31.7. The Morgan fingerprint density at radius 1 is 0.705 bits per heavy atom. The number of aromatic amines is 1. The van der Waals surface area contributed by atoms with Gasteiger partial charge in [0.25, 0.3) is 0 Å². The fourth-order valence-corrected chi connectivity index (χ4v) is 9.16. The maximum Gasteiger partial charge on any atom is 0.341 e. The summed E-state index contributed by atoms with van der Waals surface area (Å²) in [7, 11) is 6.46. The monoisotopic (exact) mass is 1210 g/mol. The predicted octanol–water partition coefficient (Wildman–Crippen LogP) is 13.5. The van der Waals surface area contributed by atoms with E-state index in [4.69, 9.17) is 40.6 Å². The molecule has 0 spiro atoms. The summed E-state index contributed by atoms with van der Waals surface area (Å²) in [6, 6.07) is 23.7. The molecule has 1 aliphatic rings. The van der Waals surface area contributed by atoms with Crippen molar-refractivity contribution in [3.63, 3.8) is 0 Å². The van der Waals surface area contributed by atoms with Crippen LogP contribution in [0.1, 0.15) is 154 Å². The molecule has 6 aromatic rings. The van der Waals surface area contributed by atoms with Crippen molar-refractivity contribution in [2.45, 2.75) is 170 Å². The van der Waals surface area contributed by atoms with E-state index in [-0.39, 0.29) is 21.3 Å². The Kier molecular flexibility index (Phi) is 24.4. The number of ether oxygens (including phenoxy) is 4. The quantitative estimate of drug-likeness (QED) is 0.0490. The van der Waals surface area contributed by atoms with Gasteiger partial charge in [0.1, 0.15) is 40.3 Å². The maximum absolute atomic E-state index is 11.7. The standard InChI is InChI=1S/C21H35N3O2Si.C16H21N3O3.C8H9IO.C8H17N.C7H13N3/c1-20(2,3)18-13-19(22)24(23-18)16-11-10-15(17(12-16)25-7)14-26-27(8,9)21(4,5)6;1-16(2,3)13-9-14(17)19(18-13)10-6-7-11(15(20)22-5)12(8-10)21-4;1-6-3-4-7(9)5-8(6)10-2;1-7-5-3-4-6-8(7)9-2;1-7(2,3)5-4-6(8)10-9-5/h10-13H,14,22H2,1-9H3;6-9H,17H2,1-5H3;3-5H,1-2H3;7-9H,3-6H2,1-2H3;4H,1-3H3,(H3,8,9,10)/t;;;7-,8-;/m...1./s1. The molecule has 18 heteroatoms. The number of aromatic nitrogens is 6. The molecule has 432 valence electrons. The van der Waals surface area contributed by atoms with Crippen LogP contribution in [-0.2, 0) is 32.0 Å². The Morgan fingerprint density at radius 2 is 1.22 bits per heavy atom. The van der Waals surface area contributed by atoms with Crippen molar-refractivity contribution in [3.05, 3.63) is 110 Å². The molecule has 3 aromatic carbocycles. The van der Waals surface area contributed by atoms with Crippen molar-refractivity contribution in [2.75, 3.05) is 52.7 Å². The van der Waals surface area contributed by atoms with E-state index in [9.17, 15) is 4.79 Å². The average molecular weight is 1210 g/mol. The molecule has 8 N–H and O–H groups in total. The van der Waals surface area contributed by atoms with E-state index in [1.165, 1.54) is 49.0 Å². The third-order valence-electron chi connectivity index (χ3n) is 14.0. The lowest BCUT2D eigenvalue weighted by Crippen LogP contribution is -2.40. The second-order valence-electron chi connectivity index (χ2n) is 24.4. The normalized spacial score (nSPS) is 14.7. The molecule has 0 aliphatic heterocycles. The van der Waals surface area contributed by atoms with Gasteiger partial charge in [0.15, 0.2) is 8.32 Å². The highest BCUT2D eigenvalue weighted by atomic mass is 127. The van der Waals surface area contributed by atoms with Gasteiger partial charge in [-0.25, -0.2) is 14.2 Å². The molecule has 0 radical (unpaired) electrons. The van der Waals surface area contributed by atoms with Crippen LogP contribution in [0.3, 0.4) is 0 Å². The molecule has 16 nitrogen and oxygen atoms in total. The highest BCUT2D eigenvalue weighted by Gasteiger charge is 2.37. The molecule has 2 atom stereocenters. The number of nitrogens with one attached hydrogen (secondary N) is 2. The Hall–Kier alpha value is -5.57. The number of nitrogen functional groups attached to an aromatic ring is 3. The van der Waals surface area contributed by atoms with Gasteiger partial charge in [0.2, 0.25) is 0 Å². The molecule has 0 bridgehead atoms. The summed E-state index contributed by atoms with van der Waals surface area (Å²) in [5, 5.41) is 19.5. The van der Waals surface area contributed by atoms with Crippen LogP contribution in [0, 0.1) is 16.4 Å². The van der Waals surface area contributed by atoms with Gasteiger partial charge in [0, 0.05) is 67.4 Å². The lowest BCUT2D eigenvalue weighted by atomic mass is 9.86. The zero-order chi connectivity index (χ0) is 59.1. The highest BCUT2D eigenvalue weighted by Crippen LogP contribution is 2.38. The number of rotatable bonds is 10. The van der Waals surface area contributed by atoms with Gasteiger partial charge in [-0.1, -0.05) is 115 Å². The van der Waals surface area contributed by atoms with Gasteiger partial charge < -0.3 is 45.9 Å². The molecule has 0 unspecified atom stereocenters. The minimum Gasteiger partial charge on any atom is -0.496 e. The van der Waals surface area contributed by atoms with Gasteiger partial charge in [-0.3, -0.25) is 5.10 Å². The fourth-order valence-electron chi connectivity index (χ4n) is 7.75. The summed E-state index contributed by atoms with van der Waals surface area (Å²) in [5.74, 6) is 4.33. The maximum atomic E-state index is 11.7. The minimum absolute atomic E-state index is 0.0552. The molecule has 1 aliphatic carbocycles. The van der Waals surface area contributed by atoms with Crippen molar-refractivity contribution in [1.82, 2.24) is 35.1 Å². The van der Waals surface area contributed by atoms with E-state index in [1.54, 1.807) is 41.8 Å². The molecule has 3 aromatic heterocycles. The number of halogens is 1. The first-order valence-electron chi connectivity index (χ1n) is 26.7. The number of nitrogens with zero attached hydrogens (tertiary/aromatic N) is 5. The van der Waals surface area contributed by atoms with Crippen LogP contribution in [0.25, 0.3) is 11.4 Å². The fraction of sp³-hybridized carbons (Fsp3) is 0.533. The summed E-state index contributed by atoms with van der Waals surface area (Å²) in [6.45, 7) is 35.1. The van der Waals surface area contributed by atoms with Crippen LogP contribution < -0.4 is 36.7 Å². The number of aryl methyl sites for hydroxylation is 1. The molecule has 0 saturated heterocycles. The first kappa shape index (κ1) is 66.7. The van der Waals surface area contributed by atoms with Gasteiger partial charge in [-0.15, -0.1) is 0 Å². The summed E-state index contributed by atoms with van der Waals surface area (Å²) in [6.07, 6.45) is 5.68. The number of hydrogen-bond donors (Lipinski definition) is 5. The molecule has 7 rings (SSSR count). The van der Waals surface area contributed by atoms with Gasteiger partial charge in [-0.2, -0.15) is 15.3 Å². The summed E-state index contributed by atoms with van der Waals surface area (Å²) >= 11 is 2.27. The Balaban J connectivity index is 0.000000277. The zero-order valence-corrected chi connectivity index (χ0v) is 54.1. The minimum atomic E-state index is -1.82. The number of nitrogens with two attached hydrogens (primary N) is 3. The Labute approximate surface area is 481 Å². The van der Waals surface area contributed by atoms with Crippen LogP contribution in [0.5, 0.6) is 17.2 Å². The lowest BCUT2D eigenvalue weighted by molar-refractivity contribution is 0.0597. The second-order valence-corrected chi connectivity index (χ2v) is 30.4. The van der Waals surface area contributed by atoms with E-state index in [0.717, 1.165) is 57.5 Å². The van der Waals surface area contributed by atoms with Gasteiger partial charge in [-0.05, 0) is 109 Å². The topological polar surface area (TPSA) is 218 Å². The van der Waals surface area contributed by atoms with Crippen molar-refractivity contribution in [3.8, 4) is 28.6 Å². The van der Waals surface area contributed by atoms with E-state index < -0.39 is 14.3 Å². The van der Waals surface area contributed by atoms with E-state index in [0.29, 0.717) is 35.4 Å². The Morgan fingerprint density at radius 3 is 1.60 bits per heavy atom. The van der Waals surface area contributed by atoms with Crippen LogP contribution in [-0.4, -0.2) is 85.6 Å². The number of methoxy groups -OCH3 is 4. The molecule has 3 heterocycles. The molecule has 0 amide bonds. The number of anilines is 3. The molecular weight excluding hydrogens is 1110 g/mol. The zero-order valence-electron chi connectivity index (χ0n) is 50.9. The van der Waals surface area contributed by atoms with Crippen LogP contribution >= 0.6 is 22.6 Å². The number of benzene rings is 3. The van der Waals surface area contributed by atoms with E-state index in [2.05, 4.69) is 171 Å². The number of esters is 1. The van der Waals surface area contributed by atoms with Crippen LogP contribution in [0.4, 0.5) is 17.5 Å². The average Bonchev–Trinajstić information content (AvgIpc) is 4.12. The van der Waals surface area contributed by atoms with E-state index >= 15 is 0 Å². The van der Waals surface area contributed by atoms with Crippen molar-refractivity contribution >= 4 is 54.3 Å². The SMILES string of the molecule is CC(C)(C)c1cc(N)n[nH]1.CN[C@@H]1CCCC[C@H]1C.COC(=O)c1ccc(-n2nc(C(C)(C)C)cc2N)cc1OC.COc1cc(-n2nc(C(C)(C)C)cc2N)ccc1CO[Si](C)(C)C(C)(C)C.COc1cc(I)ccc1C. The molecule has 1 fully saturated rings. The first-order valence-corrected chi connectivity index (χ1v) is 30.7. The van der Waals surface area contributed by atoms with Gasteiger partial charge in [0.05, 0.1) is 57.8 Å². The van der Waals surface area contributed by atoms with Crippen LogP contribution in [0.15, 0.2) is 72.8 Å². The first-order chi connectivity index (χ1) is 36.1. The number of carbonyl (C=O) groups is 1. The number of hydrogen-bond acceptors (Lipinski definition) is 13. The predicted molar refractivity (Wildman–Crippen MR) is 332 cm³/mol. The number of H-pyrrole nitrogens is 1. The van der Waals surface area contributed by atoms with E-state index in [1.807, 2.05) is 49.4 Å². The molecule has 1 saturated carbocycles. The third kappa shape index (κ3) is 19.4. The second kappa shape index (κ2) is 28.5. The summed E-state index contributed by atoms with van der Waals surface area (Å²) in [5.41, 5.74) is 24.8. The Bertz CT molecular complexity index is 2830. The van der Waals surface area contributed by atoms with Crippen molar-refractivity contribution in [2.24, 2.45) is 5.92 Å². The largest absolute Gasteiger partial charge is 0.496 e. The van der Waals surface area contributed by atoms with Crippen molar-refractivity contribution in [1.29, 1.82) is 0 Å². The molecule has 78 heavy (non-hydrogen) atoms. The third-order valence-corrected chi connectivity index (χ3v) is 19.2. The van der Waals surface area contributed by atoms with Gasteiger partial charge >= 0.3 is 5.97 Å². The number of carbonyl (C=O) groups excluding carboxylic acids is 1. The lowest BCUT2D eigenvalue weighted by Gasteiger charge is -2.36. The van der Waals surface area contributed by atoms with Crippen molar-refractivity contribution < 1.29 is 28.2 Å².